The second kappa shape index (κ2) is 8.38. The summed E-state index contributed by atoms with van der Waals surface area (Å²) in [5, 5.41) is 21.6. The van der Waals surface area contributed by atoms with E-state index in [1.165, 1.54) is 6.92 Å². The molecule has 114 valence electrons. The summed E-state index contributed by atoms with van der Waals surface area (Å²) in [6.45, 7) is 1.21. The van der Waals surface area contributed by atoms with Crippen LogP contribution in [0, 0.1) is 0 Å². The number of hydrogen-bond acceptors (Lipinski definition) is 6. The molecule has 2 amide bonds. The number of nitrogens with one attached hydrogen (secondary N) is 2. The largest absolute Gasteiger partial charge is 0.481 e. The Morgan fingerprint density at radius 2 is 1.70 bits per heavy atom. The number of amides is 2. The quantitative estimate of drug-likeness (QED) is 0.277. The average Bonchev–Trinajstić information content (AvgIpc) is 2.35. The fraction of sp³-hybridized carbons (Fsp3) is 0.600. The van der Waals surface area contributed by atoms with Crippen LogP contribution in [-0.2, 0) is 19.2 Å². The van der Waals surface area contributed by atoms with Crippen LogP contribution < -0.4 is 16.4 Å². The van der Waals surface area contributed by atoms with Crippen molar-refractivity contribution in [3.8, 4) is 0 Å². The van der Waals surface area contributed by atoms with Crippen molar-refractivity contribution in [1.82, 2.24) is 10.6 Å². The van der Waals surface area contributed by atoms with Crippen LogP contribution in [0.15, 0.2) is 0 Å². The monoisotopic (exact) mass is 307 g/mol. The number of carboxylic acid groups (broad SMARTS) is 2. The molecular formula is C10H17N3O6S. The molecule has 0 fully saturated rings. The van der Waals surface area contributed by atoms with Gasteiger partial charge in [0.15, 0.2) is 0 Å². The minimum Gasteiger partial charge on any atom is -0.481 e. The van der Waals surface area contributed by atoms with Crippen molar-refractivity contribution in [2.45, 2.75) is 31.5 Å². The molecule has 6 N–H and O–H groups in total. The van der Waals surface area contributed by atoms with Crippen molar-refractivity contribution in [2.75, 3.05) is 5.75 Å². The maximum Gasteiger partial charge on any atom is 0.325 e. The predicted octanol–water partition coefficient (Wildman–Crippen LogP) is -2.21. The molecule has 0 aliphatic heterocycles. The molecule has 0 aromatic heterocycles. The lowest BCUT2D eigenvalue weighted by Crippen LogP contribution is -2.54. The normalized spacial score (nSPS) is 14.8. The van der Waals surface area contributed by atoms with E-state index in [1.807, 2.05) is 0 Å². The van der Waals surface area contributed by atoms with E-state index in [1.54, 1.807) is 0 Å². The first kappa shape index (κ1) is 18.2. The molecule has 0 heterocycles. The van der Waals surface area contributed by atoms with Gasteiger partial charge in [0, 0.05) is 5.75 Å². The Balaban J connectivity index is 4.79. The van der Waals surface area contributed by atoms with E-state index in [0.29, 0.717) is 0 Å². The highest BCUT2D eigenvalue weighted by Gasteiger charge is 2.27. The summed E-state index contributed by atoms with van der Waals surface area (Å²) in [5.41, 5.74) is 5.38. The van der Waals surface area contributed by atoms with E-state index in [0.717, 1.165) is 0 Å². The molecule has 10 heteroatoms. The van der Waals surface area contributed by atoms with Crippen LogP contribution in [0.4, 0.5) is 0 Å². The van der Waals surface area contributed by atoms with Gasteiger partial charge in [-0.3, -0.25) is 19.2 Å². The fourth-order valence-electron chi connectivity index (χ4n) is 1.12. The van der Waals surface area contributed by atoms with Crippen LogP contribution in [0.5, 0.6) is 0 Å². The third-order valence-electron chi connectivity index (χ3n) is 2.27. The minimum absolute atomic E-state index is 0.0127. The zero-order chi connectivity index (χ0) is 15.9. The van der Waals surface area contributed by atoms with Gasteiger partial charge in [0.05, 0.1) is 12.5 Å². The SMILES string of the molecule is C[C@H](NC(=O)[C@H](CC(=O)O)NC(=O)[C@@H](N)CS)C(=O)O. The molecule has 0 aliphatic carbocycles. The van der Waals surface area contributed by atoms with Crippen molar-refractivity contribution in [1.29, 1.82) is 0 Å². The summed E-state index contributed by atoms with van der Waals surface area (Å²) in [4.78, 5) is 44.5. The lowest BCUT2D eigenvalue weighted by molar-refractivity contribution is -0.143. The predicted molar refractivity (Wildman–Crippen MR) is 71.3 cm³/mol. The Bertz CT molecular complexity index is 402. The first-order valence-corrected chi connectivity index (χ1v) is 6.24. The number of hydrogen-bond donors (Lipinski definition) is 6. The van der Waals surface area contributed by atoms with Gasteiger partial charge in [0.25, 0.3) is 0 Å². The van der Waals surface area contributed by atoms with Gasteiger partial charge in [0.2, 0.25) is 11.8 Å². The van der Waals surface area contributed by atoms with Gasteiger partial charge in [-0.2, -0.15) is 12.6 Å². The molecule has 0 bridgehead atoms. The van der Waals surface area contributed by atoms with Crippen LogP contribution in [-0.4, -0.2) is 57.8 Å². The van der Waals surface area contributed by atoms with Crippen molar-refractivity contribution >= 4 is 36.4 Å². The van der Waals surface area contributed by atoms with Crippen molar-refractivity contribution in [2.24, 2.45) is 5.73 Å². The average molecular weight is 307 g/mol. The van der Waals surface area contributed by atoms with E-state index in [-0.39, 0.29) is 5.75 Å². The van der Waals surface area contributed by atoms with Crippen molar-refractivity contribution in [3.05, 3.63) is 0 Å². The minimum atomic E-state index is -1.41. The van der Waals surface area contributed by atoms with Gasteiger partial charge in [0.1, 0.15) is 12.1 Å². The van der Waals surface area contributed by atoms with Crippen LogP contribution in [0.1, 0.15) is 13.3 Å². The van der Waals surface area contributed by atoms with E-state index in [9.17, 15) is 19.2 Å². The van der Waals surface area contributed by atoms with Crippen molar-refractivity contribution in [3.63, 3.8) is 0 Å². The molecule has 0 saturated heterocycles. The first-order chi connectivity index (χ1) is 9.18. The van der Waals surface area contributed by atoms with Gasteiger partial charge in [-0.15, -0.1) is 0 Å². The Kier molecular flexibility index (Phi) is 7.62. The third kappa shape index (κ3) is 6.38. The summed E-state index contributed by atoms with van der Waals surface area (Å²) in [6, 6.07) is -3.62. The van der Waals surface area contributed by atoms with E-state index in [2.05, 4.69) is 23.3 Å². The third-order valence-corrected chi connectivity index (χ3v) is 2.67. The number of aliphatic carboxylic acids is 2. The number of carboxylic acids is 2. The molecule has 0 aliphatic rings. The molecule has 0 saturated carbocycles. The molecule has 20 heavy (non-hydrogen) atoms. The number of carbonyl (C=O) groups is 4. The number of carbonyl (C=O) groups excluding carboxylic acids is 2. The van der Waals surface area contributed by atoms with Crippen LogP contribution >= 0.6 is 12.6 Å². The first-order valence-electron chi connectivity index (χ1n) is 5.60. The fourth-order valence-corrected chi connectivity index (χ4v) is 1.29. The molecular weight excluding hydrogens is 290 g/mol. The summed E-state index contributed by atoms with van der Waals surface area (Å²) in [5.74, 6) is -4.26. The van der Waals surface area contributed by atoms with Crippen LogP contribution in [0.25, 0.3) is 0 Å². The number of rotatable bonds is 8. The maximum absolute atomic E-state index is 11.7. The van der Waals surface area contributed by atoms with Crippen LogP contribution in [0.3, 0.4) is 0 Å². The number of nitrogens with two attached hydrogens (primary N) is 1. The zero-order valence-electron chi connectivity index (χ0n) is 10.7. The van der Waals surface area contributed by atoms with E-state index >= 15 is 0 Å². The summed E-state index contributed by atoms with van der Waals surface area (Å²) in [6.07, 6.45) is -0.691. The van der Waals surface area contributed by atoms with Crippen molar-refractivity contribution < 1.29 is 29.4 Å². The van der Waals surface area contributed by atoms with Gasteiger partial charge in [-0.05, 0) is 6.92 Å². The summed E-state index contributed by atoms with van der Waals surface area (Å²) in [7, 11) is 0. The van der Waals surface area contributed by atoms with Crippen LogP contribution in [0.2, 0.25) is 0 Å². The Morgan fingerprint density at radius 1 is 1.15 bits per heavy atom. The molecule has 0 spiro atoms. The number of thiol groups is 1. The Morgan fingerprint density at radius 3 is 2.10 bits per heavy atom. The van der Waals surface area contributed by atoms with Gasteiger partial charge in [-0.1, -0.05) is 0 Å². The molecule has 9 nitrogen and oxygen atoms in total. The highest BCUT2D eigenvalue weighted by molar-refractivity contribution is 7.80. The highest BCUT2D eigenvalue weighted by Crippen LogP contribution is 1.97. The van der Waals surface area contributed by atoms with Gasteiger partial charge < -0.3 is 26.6 Å². The second-order valence-electron chi connectivity index (χ2n) is 4.02. The smallest absolute Gasteiger partial charge is 0.325 e. The Hall–Kier alpha value is -1.81. The Labute approximate surface area is 120 Å². The standard InChI is InChI=1S/C10H17N3O6S/c1-4(10(18)19)12-9(17)6(2-7(14)15)13-8(16)5(11)3-20/h4-6,20H,2-3,11H2,1H3,(H,12,17)(H,13,16)(H,14,15)(H,18,19)/t4-,5-,6-/m0/s1. The van der Waals surface area contributed by atoms with E-state index < -0.39 is 48.3 Å². The molecule has 0 aromatic rings. The summed E-state index contributed by atoms with van der Waals surface area (Å²) >= 11 is 3.80. The lowest BCUT2D eigenvalue weighted by Gasteiger charge is -2.20. The molecule has 0 unspecified atom stereocenters. The topological polar surface area (TPSA) is 159 Å². The maximum atomic E-state index is 11.7. The summed E-state index contributed by atoms with van der Waals surface area (Å²) < 4.78 is 0. The highest BCUT2D eigenvalue weighted by atomic mass is 32.1. The second-order valence-corrected chi connectivity index (χ2v) is 4.38. The molecule has 0 radical (unpaired) electrons. The van der Waals surface area contributed by atoms with Gasteiger partial charge >= 0.3 is 11.9 Å². The lowest BCUT2D eigenvalue weighted by atomic mass is 10.1. The van der Waals surface area contributed by atoms with E-state index in [4.69, 9.17) is 15.9 Å². The van der Waals surface area contributed by atoms with Gasteiger partial charge in [-0.25, -0.2) is 0 Å². The molecule has 0 rings (SSSR count). The zero-order valence-corrected chi connectivity index (χ0v) is 11.6. The molecule has 3 atom stereocenters. The molecule has 0 aromatic carbocycles.